The summed E-state index contributed by atoms with van der Waals surface area (Å²) in [4.78, 5) is 13.3. The molecule has 4 nitrogen and oxygen atoms in total. The van der Waals surface area contributed by atoms with E-state index < -0.39 is 0 Å². The molecule has 16 heavy (non-hydrogen) atoms. The lowest BCUT2D eigenvalue weighted by Gasteiger charge is -2.15. The zero-order chi connectivity index (χ0) is 12.0. The lowest BCUT2D eigenvalue weighted by molar-refractivity contribution is 0.0767. The fourth-order valence-electron chi connectivity index (χ4n) is 1.33. The highest BCUT2D eigenvalue weighted by Gasteiger charge is 2.10. The van der Waals surface area contributed by atoms with Crippen LogP contribution in [0.4, 0.5) is 0 Å². The van der Waals surface area contributed by atoms with Crippen LogP contribution in [0.5, 0.6) is 5.75 Å². The lowest BCUT2D eigenvalue weighted by Crippen LogP contribution is -2.29. The summed E-state index contributed by atoms with van der Waals surface area (Å²) in [6, 6.07) is 6.98. The summed E-state index contributed by atoms with van der Waals surface area (Å²) in [6.45, 7) is 2.83. The topological polar surface area (TPSA) is 49.8 Å². The van der Waals surface area contributed by atoms with Crippen LogP contribution in [0.15, 0.2) is 24.3 Å². The highest BCUT2D eigenvalue weighted by Crippen LogP contribution is 2.13. The minimum atomic E-state index is -0.0999. The van der Waals surface area contributed by atoms with Crippen LogP contribution >= 0.6 is 0 Å². The van der Waals surface area contributed by atoms with Crippen molar-refractivity contribution in [3.05, 3.63) is 29.8 Å². The molecule has 88 valence electrons. The fourth-order valence-corrected chi connectivity index (χ4v) is 1.33. The van der Waals surface area contributed by atoms with Crippen molar-refractivity contribution in [3.63, 3.8) is 0 Å². The molecule has 4 heteroatoms. The molecule has 0 radical (unpaired) electrons. The maximum absolute atomic E-state index is 11.8. The fraction of sp³-hybridized carbons (Fsp3) is 0.417. The average molecular weight is 223 g/mol. The summed E-state index contributed by atoms with van der Waals surface area (Å²) in [7, 11) is 1.66. The molecule has 0 fully saturated rings. The third-order valence-electron chi connectivity index (χ3n) is 2.19. The van der Waals surface area contributed by atoms with Gasteiger partial charge in [-0.2, -0.15) is 0 Å². The van der Waals surface area contributed by atoms with Crippen molar-refractivity contribution in [1.82, 2.24) is 4.90 Å². The van der Waals surface area contributed by atoms with Crippen molar-refractivity contribution in [2.75, 3.05) is 26.8 Å². The third kappa shape index (κ3) is 3.24. The van der Waals surface area contributed by atoms with E-state index in [1.54, 1.807) is 31.3 Å². The Kier molecular flexibility index (Phi) is 4.79. The van der Waals surface area contributed by atoms with Crippen molar-refractivity contribution in [3.8, 4) is 5.75 Å². The highest BCUT2D eigenvalue weighted by molar-refractivity contribution is 5.94. The first-order valence-electron chi connectivity index (χ1n) is 5.28. The predicted molar refractivity (Wildman–Crippen MR) is 61.7 cm³/mol. The van der Waals surface area contributed by atoms with Gasteiger partial charge in [-0.05, 0) is 31.2 Å². The molecule has 1 N–H and O–H groups in total. The molecule has 0 saturated heterocycles. The Bertz CT molecular complexity index is 335. The molecule has 0 saturated carbocycles. The van der Waals surface area contributed by atoms with Gasteiger partial charge in [0.25, 0.3) is 5.91 Å². The number of likely N-dealkylation sites (N-methyl/N-ethyl adjacent to an activating group) is 1. The Balaban J connectivity index is 2.69. The Morgan fingerprint density at radius 1 is 1.38 bits per heavy atom. The molecule has 1 aromatic carbocycles. The number of amides is 1. The number of benzene rings is 1. The number of carbonyl (C=O) groups is 1. The van der Waals surface area contributed by atoms with E-state index in [9.17, 15) is 4.79 Å². The first-order chi connectivity index (χ1) is 7.69. The maximum atomic E-state index is 11.8. The van der Waals surface area contributed by atoms with E-state index in [1.165, 1.54) is 4.90 Å². The normalized spacial score (nSPS) is 9.94. The van der Waals surface area contributed by atoms with Crippen LogP contribution < -0.4 is 4.74 Å². The molecule has 0 atom stereocenters. The van der Waals surface area contributed by atoms with Crippen LogP contribution in [-0.2, 0) is 0 Å². The molecule has 1 aromatic rings. The Morgan fingerprint density at radius 3 is 2.50 bits per heavy atom. The van der Waals surface area contributed by atoms with E-state index >= 15 is 0 Å². The summed E-state index contributed by atoms with van der Waals surface area (Å²) in [5.41, 5.74) is 0.597. The summed E-state index contributed by atoms with van der Waals surface area (Å²) < 4.78 is 5.28. The highest BCUT2D eigenvalue weighted by atomic mass is 16.5. The minimum Gasteiger partial charge on any atom is -0.494 e. The van der Waals surface area contributed by atoms with Crippen molar-refractivity contribution in [2.24, 2.45) is 0 Å². The number of aliphatic hydroxyl groups is 1. The van der Waals surface area contributed by atoms with E-state index in [-0.39, 0.29) is 12.5 Å². The van der Waals surface area contributed by atoms with E-state index in [0.29, 0.717) is 18.7 Å². The lowest BCUT2D eigenvalue weighted by atomic mass is 10.2. The van der Waals surface area contributed by atoms with Crippen LogP contribution in [0.25, 0.3) is 0 Å². The Morgan fingerprint density at radius 2 is 2.00 bits per heavy atom. The van der Waals surface area contributed by atoms with Crippen LogP contribution in [-0.4, -0.2) is 42.7 Å². The van der Waals surface area contributed by atoms with Gasteiger partial charge in [-0.3, -0.25) is 4.79 Å². The van der Waals surface area contributed by atoms with Crippen molar-refractivity contribution >= 4 is 5.91 Å². The second kappa shape index (κ2) is 6.12. The molecular weight excluding hydrogens is 206 g/mol. The van der Waals surface area contributed by atoms with Gasteiger partial charge in [-0.1, -0.05) is 0 Å². The average Bonchev–Trinajstić information content (AvgIpc) is 2.30. The van der Waals surface area contributed by atoms with Crippen LogP contribution in [0.2, 0.25) is 0 Å². The number of nitrogens with zero attached hydrogens (tertiary/aromatic N) is 1. The molecule has 0 spiro atoms. The molecule has 0 aliphatic rings. The largest absolute Gasteiger partial charge is 0.494 e. The zero-order valence-electron chi connectivity index (χ0n) is 9.64. The van der Waals surface area contributed by atoms with Gasteiger partial charge < -0.3 is 14.7 Å². The van der Waals surface area contributed by atoms with Crippen molar-refractivity contribution in [2.45, 2.75) is 6.92 Å². The summed E-state index contributed by atoms with van der Waals surface area (Å²) >= 11 is 0. The molecule has 1 amide bonds. The van der Waals surface area contributed by atoms with Gasteiger partial charge in [0.1, 0.15) is 5.75 Å². The van der Waals surface area contributed by atoms with Gasteiger partial charge in [-0.25, -0.2) is 0 Å². The summed E-state index contributed by atoms with van der Waals surface area (Å²) in [5.74, 6) is 0.654. The van der Waals surface area contributed by atoms with Gasteiger partial charge in [0.15, 0.2) is 0 Å². The first kappa shape index (κ1) is 12.5. The summed E-state index contributed by atoms with van der Waals surface area (Å²) in [6.07, 6.45) is 0. The van der Waals surface area contributed by atoms with Gasteiger partial charge in [0.2, 0.25) is 0 Å². The number of hydrogen-bond donors (Lipinski definition) is 1. The van der Waals surface area contributed by atoms with Crippen molar-refractivity contribution < 1.29 is 14.6 Å². The summed E-state index contributed by atoms with van der Waals surface area (Å²) in [5, 5.41) is 8.73. The van der Waals surface area contributed by atoms with E-state index in [2.05, 4.69) is 0 Å². The third-order valence-corrected chi connectivity index (χ3v) is 2.19. The zero-order valence-corrected chi connectivity index (χ0v) is 9.64. The first-order valence-corrected chi connectivity index (χ1v) is 5.28. The van der Waals surface area contributed by atoms with Crippen LogP contribution in [0.3, 0.4) is 0 Å². The molecule has 0 aromatic heterocycles. The minimum absolute atomic E-state index is 0.0285. The number of aliphatic hydroxyl groups excluding tert-OH is 1. The number of hydrogen-bond acceptors (Lipinski definition) is 3. The second-order valence-corrected chi connectivity index (χ2v) is 3.41. The smallest absolute Gasteiger partial charge is 0.253 e. The van der Waals surface area contributed by atoms with Gasteiger partial charge in [-0.15, -0.1) is 0 Å². The monoisotopic (exact) mass is 223 g/mol. The molecule has 0 unspecified atom stereocenters. The molecule has 0 aliphatic heterocycles. The van der Waals surface area contributed by atoms with Crippen molar-refractivity contribution in [1.29, 1.82) is 0 Å². The number of ether oxygens (including phenoxy) is 1. The van der Waals surface area contributed by atoms with Gasteiger partial charge >= 0.3 is 0 Å². The molecular formula is C12H17NO3. The van der Waals surface area contributed by atoms with E-state index in [1.807, 2.05) is 6.92 Å². The number of carbonyl (C=O) groups excluding carboxylic acids is 1. The van der Waals surface area contributed by atoms with Crippen LogP contribution in [0.1, 0.15) is 17.3 Å². The van der Waals surface area contributed by atoms with E-state index in [0.717, 1.165) is 5.75 Å². The van der Waals surface area contributed by atoms with E-state index in [4.69, 9.17) is 9.84 Å². The quantitative estimate of drug-likeness (QED) is 0.814. The Hall–Kier alpha value is -1.55. The molecule has 0 heterocycles. The maximum Gasteiger partial charge on any atom is 0.253 e. The molecule has 1 rings (SSSR count). The molecule has 0 aliphatic carbocycles. The second-order valence-electron chi connectivity index (χ2n) is 3.41. The van der Waals surface area contributed by atoms with Gasteiger partial charge in [0.05, 0.1) is 13.2 Å². The SMILES string of the molecule is CCOc1ccc(C(=O)N(C)CCO)cc1. The van der Waals surface area contributed by atoms with Gasteiger partial charge in [0, 0.05) is 19.2 Å². The molecule has 0 bridgehead atoms. The predicted octanol–water partition coefficient (Wildman–Crippen LogP) is 1.15. The standard InChI is InChI=1S/C12H17NO3/c1-3-16-11-6-4-10(5-7-11)12(15)13(2)8-9-14/h4-7,14H,3,8-9H2,1-2H3. The Labute approximate surface area is 95.5 Å². The number of rotatable bonds is 5. The van der Waals surface area contributed by atoms with Crippen LogP contribution in [0, 0.1) is 0 Å².